The van der Waals surface area contributed by atoms with Crippen molar-refractivity contribution >= 4 is 29.1 Å². The van der Waals surface area contributed by atoms with Gasteiger partial charge in [-0.1, -0.05) is 48.5 Å². The molecule has 33 heavy (non-hydrogen) atoms. The number of ether oxygens (including phenoxy) is 1. The fourth-order valence-corrected chi connectivity index (χ4v) is 3.38. The van der Waals surface area contributed by atoms with Gasteiger partial charge in [0.05, 0.1) is 23.9 Å². The predicted molar refractivity (Wildman–Crippen MR) is 128 cm³/mol. The summed E-state index contributed by atoms with van der Waals surface area (Å²) in [7, 11) is 1.28. The van der Waals surface area contributed by atoms with Crippen molar-refractivity contribution in [1.29, 1.82) is 0 Å². The Morgan fingerprint density at radius 2 is 1.48 bits per heavy atom. The summed E-state index contributed by atoms with van der Waals surface area (Å²) in [6.45, 7) is 1.84. The minimum Gasteiger partial charge on any atom is -0.465 e. The van der Waals surface area contributed by atoms with Crippen LogP contribution in [0.2, 0.25) is 0 Å². The van der Waals surface area contributed by atoms with Crippen LogP contribution in [-0.2, 0) is 4.74 Å². The molecule has 1 amide bonds. The van der Waals surface area contributed by atoms with E-state index in [4.69, 9.17) is 4.74 Å². The molecule has 7 nitrogen and oxygen atoms in total. The molecule has 4 rings (SSSR count). The van der Waals surface area contributed by atoms with E-state index < -0.39 is 11.9 Å². The Hall–Kier alpha value is -4.52. The molecule has 0 spiro atoms. The highest BCUT2D eigenvalue weighted by Crippen LogP contribution is 2.24. The molecule has 0 unspecified atom stereocenters. The van der Waals surface area contributed by atoms with Crippen LogP contribution >= 0.6 is 0 Å². The highest BCUT2D eigenvalue weighted by atomic mass is 16.5. The van der Waals surface area contributed by atoms with Crippen molar-refractivity contribution in [3.63, 3.8) is 0 Å². The van der Waals surface area contributed by atoms with Crippen LogP contribution in [0.5, 0.6) is 0 Å². The lowest BCUT2D eigenvalue weighted by atomic mass is 10.1. The third kappa shape index (κ3) is 5.22. The zero-order chi connectivity index (χ0) is 23.2. The number of aromatic nitrogens is 2. The Labute approximate surface area is 191 Å². The molecule has 7 heteroatoms. The number of anilines is 3. The first-order valence-corrected chi connectivity index (χ1v) is 10.3. The first kappa shape index (κ1) is 21.7. The molecule has 1 aromatic heterocycles. The Morgan fingerprint density at radius 3 is 2.24 bits per heavy atom. The average molecular weight is 438 g/mol. The predicted octanol–water partition coefficient (Wildman–Crippen LogP) is 5.23. The quantitative estimate of drug-likeness (QED) is 0.400. The summed E-state index contributed by atoms with van der Waals surface area (Å²) in [5.74, 6) is 0.311. The molecular weight excluding hydrogens is 416 g/mol. The number of carbonyl (C=O) groups is 2. The molecule has 1 heterocycles. The molecule has 0 aliphatic rings. The van der Waals surface area contributed by atoms with E-state index in [9.17, 15) is 9.59 Å². The molecule has 0 radical (unpaired) electrons. The van der Waals surface area contributed by atoms with Crippen molar-refractivity contribution in [2.24, 2.45) is 0 Å². The van der Waals surface area contributed by atoms with Gasteiger partial charge >= 0.3 is 5.97 Å². The highest BCUT2D eigenvalue weighted by Gasteiger charge is 2.17. The van der Waals surface area contributed by atoms with E-state index in [1.165, 1.54) is 7.11 Å². The number of carbonyl (C=O) groups excluding carboxylic acids is 2. The van der Waals surface area contributed by atoms with Gasteiger partial charge in [-0.05, 0) is 37.3 Å². The first-order chi connectivity index (χ1) is 16.0. The first-order valence-electron chi connectivity index (χ1n) is 10.3. The van der Waals surface area contributed by atoms with Crippen molar-refractivity contribution in [3.8, 4) is 11.3 Å². The minimum absolute atomic E-state index is 0.205. The van der Waals surface area contributed by atoms with Gasteiger partial charge < -0.3 is 15.4 Å². The fraction of sp³-hybridized carbons (Fsp3) is 0.0769. The number of nitrogens with one attached hydrogen (secondary N) is 2. The summed E-state index contributed by atoms with van der Waals surface area (Å²) in [5, 5.41) is 6.10. The second kappa shape index (κ2) is 9.74. The molecule has 0 aliphatic heterocycles. The second-order valence-corrected chi connectivity index (χ2v) is 7.25. The Kier molecular flexibility index (Phi) is 6.40. The van der Waals surface area contributed by atoms with E-state index in [2.05, 4.69) is 20.6 Å². The summed E-state index contributed by atoms with van der Waals surface area (Å²) >= 11 is 0. The maximum absolute atomic E-state index is 12.8. The van der Waals surface area contributed by atoms with Gasteiger partial charge in [0.25, 0.3) is 5.91 Å². The van der Waals surface area contributed by atoms with Gasteiger partial charge in [-0.25, -0.2) is 14.8 Å². The van der Waals surface area contributed by atoms with Crippen LogP contribution in [0.25, 0.3) is 11.3 Å². The van der Waals surface area contributed by atoms with Crippen LogP contribution < -0.4 is 10.6 Å². The van der Waals surface area contributed by atoms with Gasteiger partial charge in [-0.2, -0.15) is 0 Å². The van der Waals surface area contributed by atoms with Crippen molar-refractivity contribution in [2.75, 3.05) is 17.7 Å². The molecule has 0 aliphatic carbocycles. The lowest BCUT2D eigenvalue weighted by molar-refractivity contribution is 0.0597. The van der Waals surface area contributed by atoms with Crippen molar-refractivity contribution in [3.05, 3.63) is 102 Å². The van der Waals surface area contributed by atoms with Crippen LogP contribution in [0.15, 0.2) is 84.9 Å². The van der Waals surface area contributed by atoms with Crippen LogP contribution in [-0.4, -0.2) is 29.0 Å². The zero-order valence-corrected chi connectivity index (χ0v) is 18.2. The van der Waals surface area contributed by atoms with E-state index >= 15 is 0 Å². The van der Waals surface area contributed by atoms with E-state index in [1.54, 1.807) is 36.4 Å². The lowest BCUT2D eigenvalue weighted by Gasteiger charge is -2.12. The number of hydrogen-bond acceptors (Lipinski definition) is 6. The normalized spacial score (nSPS) is 10.4. The number of esters is 1. The third-order valence-electron chi connectivity index (χ3n) is 4.88. The number of hydrogen-bond donors (Lipinski definition) is 2. The van der Waals surface area contributed by atoms with Gasteiger partial charge in [-0.15, -0.1) is 0 Å². The number of nitrogens with zero attached hydrogens (tertiary/aromatic N) is 2. The van der Waals surface area contributed by atoms with Gasteiger partial charge in [-0.3, -0.25) is 4.79 Å². The van der Waals surface area contributed by atoms with Gasteiger partial charge in [0.15, 0.2) is 0 Å². The van der Waals surface area contributed by atoms with E-state index in [1.807, 2.05) is 55.5 Å². The smallest absolute Gasteiger partial charge is 0.338 e. The van der Waals surface area contributed by atoms with Crippen molar-refractivity contribution in [2.45, 2.75) is 6.92 Å². The zero-order valence-electron chi connectivity index (χ0n) is 18.2. The molecule has 0 fully saturated rings. The molecule has 3 aromatic carbocycles. The fourth-order valence-electron chi connectivity index (χ4n) is 3.38. The number of aryl methyl sites for hydroxylation is 1. The Morgan fingerprint density at radius 1 is 0.788 bits per heavy atom. The summed E-state index contributed by atoms with van der Waals surface area (Å²) < 4.78 is 4.77. The molecule has 0 atom stereocenters. The van der Waals surface area contributed by atoms with E-state index in [0.29, 0.717) is 17.3 Å². The number of rotatable bonds is 6. The second-order valence-electron chi connectivity index (χ2n) is 7.25. The summed E-state index contributed by atoms with van der Waals surface area (Å²) in [6.07, 6.45) is 0. The van der Waals surface area contributed by atoms with E-state index in [-0.39, 0.29) is 11.1 Å². The molecule has 164 valence electrons. The van der Waals surface area contributed by atoms with Crippen LogP contribution in [0.4, 0.5) is 17.2 Å². The highest BCUT2D eigenvalue weighted by molar-refractivity contribution is 6.11. The van der Waals surface area contributed by atoms with Crippen LogP contribution in [0, 0.1) is 6.92 Å². The molecule has 4 aromatic rings. The molecule has 0 saturated carbocycles. The van der Waals surface area contributed by atoms with Crippen LogP contribution in [0.1, 0.15) is 26.5 Å². The van der Waals surface area contributed by atoms with Crippen molar-refractivity contribution in [1.82, 2.24) is 9.97 Å². The number of methoxy groups -OCH3 is 1. The van der Waals surface area contributed by atoms with E-state index in [0.717, 1.165) is 16.9 Å². The molecule has 2 N–H and O–H groups in total. The topological polar surface area (TPSA) is 93.2 Å². The largest absolute Gasteiger partial charge is 0.465 e. The Bertz CT molecular complexity index is 1310. The summed E-state index contributed by atoms with van der Waals surface area (Å²) in [6, 6.07) is 25.5. The lowest BCUT2D eigenvalue weighted by Crippen LogP contribution is -2.17. The van der Waals surface area contributed by atoms with Gasteiger partial charge in [0.1, 0.15) is 11.6 Å². The molecule has 0 saturated heterocycles. The Balaban J connectivity index is 1.55. The third-order valence-corrected chi connectivity index (χ3v) is 4.88. The van der Waals surface area contributed by atoms with Gasteiger partial charge in [0.2, 0.25) is 0 Å². The number of benzene rings is 3. The summed E-state index contributed by atoms with van der Waals surface area (Å²) in [5.41, 5.74) is 3.56. The maximum Gasteiger partial charge on any atom is 0.338 e. The summed E-state index contributed by atoms with van der Waals surface area (Å²) in [4.78, 5) is 33.8. The maximum atomic E-state index is 12.8. The standard InChI is InChI=1S/C26H22N4O3/c1-17-27-23(18-9-4-3-5-10-18)16-24(28-17)29-19-11-8-12-20(15-19)30-25(31)21-13-6-7-14-22(21)26(32)33-2/h3-16H,1-2H3,(H,30,31)(H,27,28,29). The number of amides is 1. The average Bonchev–Trinajstić information content (AvgIpc) is 2.84. The monoisotopic (exact) mass is 438 g/mol. The van der Waals surface area contributed by atoms with Crippen LogP contribution in [0.3, 0.4) is 0 Å². The molecule has 0 bridgehead atoms. The van der Waals surface area contributed by atoms with Gasteiger partial charge in [0, 0.05) is 23.0 Å². The SMILES string of the molecule is COC(=O)c1ccccc1C(=O)Nc1cccc(Nc2cc(-c3ccccc3)nc(C)n2)c1. The molecular formula is C26H22N4O3. The minimum atomic E-state index is -0.565. The van der Waals surface area contributed by atoms with Crippen molar-refractivity contribution < 1.29 is 14.3 Å².